The number of fused-ring (bicyclic) bond motifs is 3. The Bertz CT molecular complexity index is 1540. The minimum absolute atomic E-state index is 0.110. The summed E-state index contributed by atoms with van der Waals surface area (Å²) in [6, 6.07) is 6.06. The predicted molar refractivity (Wildman–Crippen MR) is 129 cm³/mol. The van der Waals surface area contributed by atoms with Crippen molar-refractivity contribution in [1.29, 1.82) is 0 Å². The van der Waals surface area contributed by atoms with E-state index >= 15 is 0 Å². The van der Waals surface area contributed by atoms with E-state index in [0.717, 1.165) is 62.8 Å². The van der Waals surface area contributed by atoms with E-state index in [4.69, 9.17) is 9.72 Å². The van der Waals surface area contributed by atoms with E-state index in [0.29, 0.717) is 6.61 Å². The highest BCUT2D eigenvalue weighted by Crippen LogP contribution is 2.33. The fourth-order valence-electron chi connectivity index (χ4n) is 4.44. The van der Waals surface area contributed by atoms with Crippen molar-refractivity contribution in [2.24, 2.45) is 7.05 Å². The van der Waals surface area contributed by atoms with Crippen molar-refractivity contribution >= 4 is 21.9 Å². The molecule has 0 N–H and O–H groups in total. The molecular formula is C25H26N6O2. The van der Waals surface area contributed by atoms with Crippen molar-refractivity contribution in [3.05, 3.63) is 70.8 Å². The van der Waals surface area contributed by atoms with Gasteiger partial charge in [-0.25, -0.2) is 4.79 Å². The van der Waals surface area contributed by atoms with Gasteiger partial charge in [-0.05, 0) is 48.2 Å². The van der Waals surface area contributed by atoms with E-state index in [1.165, 1.54) is 0 Å². The molecule has 0 spiro atoms. The number of hydrogen-bond acceptors (Lipinski definition) is 5. The van der Waals surface area contributed by atoms with Crippen molar-refractivity contribution < 1.29 is 4.74 Å². The van der Waals surface area contributed by atoms with Crippen molar-refractivity contribution in [1.82, 2.24) is 28.9 Å². The third-order valence-electron chi connectivity index (χ3n) is 6.18. The maximum absolute atomic E-state index is 13.4. The maximum atomic E-state index is 13.4. The topological polar surface area (TPSA) is 79.8 Å². The molecule has 0 bridgehead atoms. The summed E-state index contributed by atoms with van der Waals surface area (Å²) in [5, 5.41) is 5.36. The third-order valence-corrected chi connectivity index (χ3v) is 6.18. The van der Waals surface area contributed by atoms with Crippen LogP contribution in [0, 0.1) is 0 Å². The molecule has 5 aromatic rings. The van der Waals surface area contributed by atoms with E-state index in [1.807, 2.05) is 35.4 Å². The van der Waals surface area contributed by atoms with Crippen LogP contribution in [0.5, 0.6) is 0 Å². The van der Waals surface area contributed by atoms with Gasteiger partial charge in [-0.3, -0.25) is 23.8 Å². The van der Waals surface area contributed by atoms with Gasteiger partial charge in [0.2, 0.25) is 0 Å². The molecule has 4 heterocycles. The molecule has 0 fully saturated rings. The number of aryl methyl sites for hydroxylation is 3. The number of ether oxygens (including phenoxy) is 1. The van der Waals surface area contributed by atoms with Crippen LogP contribution in [0.3, 0.4) is 0 Å². The van der Waals surface area contributed by atoms with Crippen LogP contribution in [-0.2, 0) is 31.4 Å². The molecule has 0 saturated carbocycles. The lowest BCUT2D eigenvalue weighted by Gasteiger charge is -2.13. The van der Waals surface area contributed by atoms with Crippen molar-refractivity contribution in [2.75, 3.05) is 7.11 Å². The first-order valence-corrected chi connectivity index (χ1v) is 11.0. The summed E-state index contributed by atoms with van der Waals surface area (Å²) < 4.78 is 10.8. The van der Waals surface area contributed by atoms with Crippen molar-refractivity contribution in [3.8, 4) is 16.8 Å². The second-order valence-electron chi connectivity index (χ2n) is 8.07. The Hall–Kier alpha value is -3.78. The predicted octanol–water partition coefficient (Wildman–Crippen LogP) is 3.86. The average molecular weight is 443 g/mol. The number of nitrogens with zero attached hydrogens (tertiary/aromatic N) is 6. The van der Waals surface area contributed by atoms with Crippen LogP contribution in [0.25, 0.3) is 38.8 Å². The monoisotopic (exact) mass is 442 g/mol. The number of aromatic nitrogens is 6. The lowest BCUT2D eigenvalue weighted by Crippen LogP contribution is -2.21. The largest absolute Gasteiger partial charge is 0.380 e. The molecular weight excluding hydrogens is 416 g/mol. The molecule has 8 nitrogen and oxygen atoms in total. The number of hydrogen-bond donors (Lipinski definition) is 0. The Morgan fingerprint density at radius 1 is 1.09 bits per heavy atom. The first-order valence-electron chi connectivity index (χ1n) is 11.0. The average Bonchev–Trinajstić information content (AvgIpc) is 3.42. The van der Waals surface area contributed by atoms with Crippen molar-refractivity contribution in [2.45, 2.75) is 33.4 Å². The standard InChI is InChI=1S/C25H26N6O2/c1-5-16-11-26-8-7-22(16)31-24-20-10-19(18-12-28-30(6-2)14-18)17(15-33-4)9-21(20)27-13-23(24)29(3)25(31)32/h7-14H,5-6,15H2,1-4H3. The number of benzene rings is 1. The van der Waals surface area contributed by atoms with E-state index in [9.17, 15) is 4.79 Å². The number of imidazole rings is 1. The summed E-state index contributed by atoms with van der Waals surface area (Å²) in [6.45, 7) is 5.37. The molecule has 0 atom stereocenters. The minimum atomic E-state index is -0.110. The zero-order valence-electron chi connectivity index (χ0n) is 19.2. The van der Waals surface area contributed by atoms with Crippen LogP contribution >= 0.6 is 0 Å². The summed E-state index contributed by atoms with van der Waals surface area (Å²) >= 11 is 0. The molecule has 0 unspecified atom stereocenters. The number of pyridine rings is 2. The van der Waals surface area contributed by atoms with Crippen LogP contribution in [0.4, 0.5) is 0 Å². The zero-order chi connectivity index (χ0) is 23.1. The highest BCUT2D eigenvalue weighted by atomic mass is 16.5. The van der Waals surface area contributed by atoms with Gasteiger partial charge in [0.05, 0.1) is 41.2 Å². The molecule has 0 aliphatic rings. The van der Waals surface area contributed by atoms with Crippen LogP contribution in [-0.4, -0.2) is 36.0 Å². The normalized spacial score (nSPS) is 11.6. The molecule has 33 heavy (non-hydrogen) atoms. The van der Waals surface area contributed by atoms with Gasteiger partial charge >= 0.3 is 5.69 Å². The first-order chi connectivity index (χ1) is 16.1. The zero-order valence-corrected chi connectivity index (χ0v) is 19.2. The second-order valence-corrected chi connectivity index (χ2v) is 8.07. The molecule has 8 heteroatoms. The molecule has 0 aliphatic heterocycles. The number of rotatable bonds is 6. The van der Waals surface area contributed by atoms with E-state index in [1.54, 1.807) is 35.7 Å². The summed E-state index contributed by atoms with van der Waals surface area (Å²) in [7, 11) is 3.47. The van der Waals surface area contributed by atoms with Gasteiger partial charge in [0.25, 0.3) is 0 Å². The maximum Gasteiger partial charge on any atom is 0.333 e. The Morgan fingerprint density at radius 2 is 1.94 bits per heavy atom. The van der Waals surface area contributed by atoms with Crippen LogP contribution in [0.15, 0.2) is 54.0 Å². The van der Waals surface area contributed by atoms with E-state index in [2.05, 4.69) is 30.0 Å². The van der Waals surface area contributed by atoms with Gasteiger partial charge < -0.3 is 4.74 Å². The summed E-state index contributed by atoms with van der Waals surface area (Å²) in [4.78, 5) is 22.4. The summed E-state index contributed by atoms with van der Waals surface area (Å²) in [5.74, 6) is 0. The number of methoxy groups -OCH3 is 1. The van der Waals surface area contributed by atoms with Gasteiger partial charge in [-0.1, -0.05) is 6.92 Å². The first kappa shape index (κ1) is 21.1. The fraction of sp³-hybridized carbons (Fsp3) is 0.280. The lowest BCUT2D eigenvalue weighted by atomic mass is 9.99. The second kappa shape index (κ2) is 8.29. The SMILES string of the molecule is CCc1cnccc1-n1c(=O)n(C)c2cnc3cc(COC)c(-c4cnn(CC)c4)cc3c21. The molecule has 0 radical (unpaired) electrons. The fourth-order valence-corrected chi connectivity index (χ4v) is 4.44. The lowest BCUT2D eigenvalue weighted by molar-refractivity contribution is 0.185. The Labute approximate surface area is 191 Å². The molecule has 0 aliphatic carbocycles. The van der Waals surface area contributed by atoms with Gasteiger partial charge in [-0.2, -0.15) is 5.10 Å². The third kappa shape index (κ3) is 3.34. The highest BCUT2D eigenvalue weighted by molar-refractivity contribution is 6.05. The van der Waals surface area contributed by atoms with E-state index < -0.39 is 0 Å². The van der Waals surface area contributed by atoms with Gasteiger partial charge in [-0.15, -0.1) is 0 Å². The molecule has 0 amide bonds. The van der Waals surface area contributed by atoms with Crippen LogP contribution in [0.1, 0.15) is 25.0 Å². The van der Waals surface area contributed by atoms with E-state index in [-0.39, 0.29) is 5.69 Å². The Kier molecular flexibility index (Phi) is 5.30. The van der Waals surface area contributed by atoms with Crippen LogP contribution in [0.2, 0.25) is 0 Å². The Morgan fingerprint density at radius 3 is 2.67 bits per heavy atom. The summed E-state index contributed by atoms with van der Waals surface area (Å²) in [6.07, 6.45) is 10.00. The molecule has 4 aromatic heterocycles. The molecule has 168 valence electrons. The molecule has 1 aromatic carbocycles. The smallest absolute Gasteiger partial charge is 0.333 e. The molecule has 0 saturated heterocycles. The minimum Gasteiger partial charge on any atom is -0.380 e. The quantitative estimate of drug-likeness (QED) is 0.399. The summed E-state index contributed by atoms with van der Waals surface area (Å²) in [5.41, 5.74) is 7.22. The van der Waals surface area contributed by atoms with Gasteiger partial charge in [0.1, 0.15) is 0 Å². The Balaban J connectivity index is 1.90. The van der Waals surface area contributed by atoms with Gasteiger partial charge in [0, 0.05) is 50.2 Å². The van der Waals surface area contributed by atoms with Crippen molar-refractivity contribution in [3.63, 3.8) is 0 Å². The van der Waals surface area contributed by atoms with Crippen LogP contribution < -0.4 is 5.69 Å². The van der Waals surface area contributed by atoms with Gasteiger partial charge in [0.15, 0.2) is 0 Å². The molecule has 5 rings (SSSR count). The highest BCUT2D eigenvalue weighted by Gasteiger charge is 2.20.